The number of aromatic amines is 2. The van der Waals surface area contributed by atoms with Crippen LogP contribution in [0.15, 0.2) is 48.2 Å². The number of carbonyl (C=O) groups is 10. The molecule has 29 heteroatoms. The molecule has 0 saturated carbocycles. The van der Waals surface area contributed by atoms with Gasteiger partial charge in [0.1, 0.15) is 66.5 Å². The Morgan fingerprint density at radius 1 is 0.802 bits per heavy atom. The van der Waals surface area contributed by atoms with Gasteiger partial charge in [0.25, 0.3) is 0 Å². The number of guanidine groups is 1. The van der Waals surface area contributed by atoms with Crippen molar-refractivity contribution in [1.29, 1.82) is 0 Å². The van der Waals surface area contributed by atoms with Crippen LogP contribution < -0.4 is 65.1 Å². The average Bonchev–Trinajstić information content (AvgIpc) is 1.72. The summed E-state index contributed by atoms with van der Waals surface area (Å²) in [5, 5.41) is 35.6. The van der Waals surface area contributed by atoms with Gasteiger partial charge in [0.15, 0.2) is 5.96 Å². The summed E-state index contributed by atoms with van der Waals surface area (Å²) in [5.74, 6) is -9.54. The standard InChI is InChI=1S/C57H82N18O11/c1-27(2)18-39-53(82)73-45(29(5)6)54(83)72-42-22-34-33-13-12-30(44(28(3)4)46(55(84)71-39)74-49(78)36-14-15-43(76)65-36)19-38(33)66-47(34)75-24-32(64-26-75)21-41(69-48(77)35(67-52(42)81)11-9-17-62-57(59)60)51(80)70-40(20-31-23-61-25-63-31)50(79)68-37(56(85)86)10-7-8-16-58/h12-13,19,23-29,35-37,39-42,44-46,66H,7-11,14-18,20-22,58H2,1-6H3,(H,61,63)(H,65,76)(H,67,81)(H,68,79)(H,69,77)(H,70,80)(H,71,84)(H,72,83)(H,73,82)(H,74,78)(H,85,86)(H4,59,60,62)/t35-,36-,37-,39-,40-,41?,42-,44+,45-,46-/m0/s1. The molecular weight excluding hydrogens is 1110 g/mol. The molecule has 1 fully saturated rings. The Labute approximate surface area is 496 Å². The first kappa shape index (κ1) is 64.7. The fraction of sp³-hybridized carbons (Fsp3) is 0.561. The van der Waals surface area contributed by atoms with Crippen molar-refractivity contribution in [3.8, 4) is 5.82 Å². The van der Waals surface area contributed by atoms with Crippen LogP contribution in [0.2, 0.25) is 0 Å². The van der Waals surface area contributed by atoms with Crippen molar-refractivity contribution in [3.63, 3.8) is 0 Å². The second-order valence-electron chi connectivity index (χ2n) is 23.4. The first-order valence-electron chi connectivity index (χ1n) is 29.3. The zero-order valence-corrected chi connectivity index (χ0v) is 49.3. The van der Waals surface area contributed by atoms with Gasteiger partial charge in [-0.3, -0.25) is 52.7 Å². The Balaban J connectivity index is 1.37. The van der Waals surface area contributed by atoms with Crippen LogP contribution in [0, 0.1) is 17.8 Å². The maximum Gasteiger partial charge on any atom is 0.326 e. The third-order valence-corrected chi connectivity index (χ3v) is 15.6. The number of carbonyl (C=O) groups excluding carboxylic acids is 9. The number of aliphatic carboxylic acids is 1. The topological polar surface area (TPSA) is 452 Å². The van der Waals surface area contributed by atoms with Gasteiger partial charge in [-0.25, -0.2) is 14.8 Å². The third-order valence-electron chi connectivity index (χ3n) is 15.6. The molecular formula is C57H82N18O11. The number of fused-ring (bicyclic) bond motifs is 13. The second kappa shape index (κ2) is 29.3. The number of hydrogen-bond donors (Lipinski definition) is 15. The molecule has 86 heavy (non-hydrogen) atoms. The lowest BCUT2D eigenvalue weighted by Gasteiger charge is -2.33. The van der Waals surface area contributed by atoms with Crippen LogP contribution in [0.1, 0.15) is 121 Å². The monoisotopic (exact) mass is 1190 g/mol. The Hall–Kier alpha value is -8.89. The predicted octanol–water partition coefficient (Wildman–Crippen LogP) is -1.70. The van der Waals surface area contributed by atoms with Crippen molar-refractivity contribution in [2.24, 2.45) is 39.9 Å². The van der Waals surface area contributed by atoms with Gasteiger partial charge < -0.3 is 80.1 Å². The molecule has 29 nitrogen and oxygen atoms in total. The number of imidazole rings is 2. The zero-order valence-electron chi connectivity index (χ0n) is 49.3. The summed E-state index contributed by atoms with van der Waals surface area (Å²) in [6.07, 6.45) is 6.57. The number of amides is 9. The second-order valence-corrected chi connectivity index (χ2v) is 23.4. The quantitative estimate of drug-likeness (QED) is 0.0191. The predicted molar refractivity (Wildman–Crippen MR) is 314 cm³/mol. The number of carboxylic acid groups (broad SMARTS) is 1. The Kier molecular flexibility index (Phi) is 22.0. The number of aromatic nitrogens is 5. The molecule has 4 aliphatic rings. The Bertz CT molecular complexity index is 3150. The van der Waals surface area contributed by atoms with Crippen molar-refractivity contribution >= 4 is 76.0 Å². The number of carboxylic acids is 1. The highest BCUT2D eigenvalue weighted by molar-refractivity contribution is 6.00. The van der Waals surface area contributed by atoms with E-state index in [0.717, 1.165) is 0 Å². The molecule has 7 heterocycles. The van der Waals surface area contributed by atoms with Crippen LogP contribution in [0.3, 0.4) is 0 Å². The minimum atomic E-state index is -1.51. The van der Waals surface area contributed by atoms with Crippen LogP contribution in [0.25, 0.3) is 16.7 Å². The largest absolute Gasteiger partial charge is 0.480 e. The summed E-state index contributed by atoms with van der Waals surface area (Å²) in [5.41, 5.74) is 19.1. The molecule has 0 aliphatic carbocycles. The fourth-order valence-corrected chi connectivity index (χ4v) is 11.1. The highest BCUT2D eigenvalue weighted by Crippen LogP contribution is 2.35. The lowest BCUT2D eigenvalue weighted by molar-refractivity contribution is -0.142. The van der Waals surface area contributed by atoms with Gasteiger partial charge in [0.05, 0.1) is 12.0 Å². The van der Waals surface area contributed by atoms with E-state index in [1.807, 2.05) is 33.8 Å². The molecule has 8 rings (SSSR count). The normalized spacial score (nSPS) is 22.9. The number of nitrogens with zero attached hydrogens (tertiary/aromatic N) is 4. The van der Waals surface area contributed by atoms with E-state index in [1.165, 1.54) is 18.9 Å². The van der Waals surface area contributed by atoms with Crippen molar-refractivity contribution in [3.05, 3.63) is 65.8 Å². The number of unbranched alkanes of at least 4 members (excludes halogenated alkanes) is 1. The molecule has 0 spiro atoms. The van der Waals surface area contributed by atoms with Gasteiger partial charge in [-0.2, -0.15) is 0 Å². The number of benzene rings is 1. The van der Waals surface area contributed by atoms with E-state index in [2.05, 4.69) is 72.8 Å². The van der Waals surface area contributed by atoms with Gasteiger partial charge in [0, 0.05) is 72.7 Å². The van der Waals surface area contributed by atoms with E-state index in [1.54, 1.807) is 36.7 Å². The van der Waals surface area contributed by atoms with E-state index in [0.29, 0.717) is 52.9 Å². The lowest BCUT2D eigenvalue weighted by atomic mass is 9.81. The van der Waals surface area contributed by atoms with E-state index in [9.17, 15) is 48.3 Å². The minimum absolute atomic E-state index is 0.0235. The van der Waals surface area contributed by atoms with Gasteiger partial charge in [-0.15, -0.1) is 0 Å². The van der Waals surface area contributed by atoms with Crippen LogP contribution >= 0.6 is 0 Å². The molecule has 1 unspecified atom stereocenters. The molecule has 0 radical (unpaired) electrons. The SMILES string of the molecule is CC(C)C[C@@H]1NC(=O)[C@@H](NC(=O)[C@@H]2CCC(=O)N2)[C@H](C(C)C)c2ccc3c4c([nH]c3c2)-n2cnc(c2)CC(C(=O)N[C@@H](Cc2cnc[nH]2)C(=O)N[C@@H](CCCCN)C(=O)O)NC(=O)[C@H](CCCN=C(N)N)NC(=O)[C@H](C4)NC(=O)[C@H](C(C)C)NC1=O. The van der Waals surface area contributed by atoms with Crippen molar-refractivity contribution < 1.29 is 53.1 Å². The van der Waals surface area contributed by atoms with E-state index in [4.69, 9.17) is 17.2 Å². The van der Waals surface area contributed by atoms with Gasteiger partial charge in [-0.1, -0.05) is 53.7 Å². The van der Waals surface area contributed by atoms with Crippen LogP contribution in [0.5, 0.6) is 0 Å². The van der Waals surface area contributed by atoms with Gasteiger partial charge in [0.2, 0.25) is 53.2 Å². The highest BCUT2D eigenvalue weighted by atomic mass is 16.4. The molecule has 4 aromatic rings. The number of nitrogens with one attached hydrogen (secondary N) is 11. The van der Waals surface area contributed by atoms with E-state index < -0.39 is 119 Å². The lowest BCUT2D eigenvalue weighted by Crippen LogP contribution is -2.62. The summed E-state index contributed by atoms with van der Waals surface area (Å²) >= 11 is 0. The Morgan fingerprint density at radius 2 is 1.55 bits per heavy atom. The summed E-state index contributed by atoms with van der Waals surface area (Å²) in [6, 6.07) is -6.52. The summed E-state index contributed by atoms with van der Waals surface area (Å²) in [4.78, 5) is 161. The molecule has 1 saturated heterocycles. The first-order chi connectivity index (χ1) is 40.9. The van der Waals surface area contributed by atoms with Crippen molar-refractivity contribution in [1.82, 2.24) is 72.4 Å². The maximum atomic E-state index is 15.2. The van der Waals surface area contributed by atoms with E-state index >= 15 is 4.79 Å². The highest BCUT2D eigenvalue weighted by Gasteiger charge is 2.41. The number of rotatable bonds is 21. The van der Waals surface area contributed by atoms with Crippen LogP contribution in [-0.2, 0) is 67.2 Å². The molecule has 7 bridgehead atoms. The molecule has 4 aliphatic heterocycles. The van der Waals surface area contributed by atoms with E-state index in [-0.39, 0.29) is 93.7 Å². The summed E-state index contributed by atoms with van der Waals surface area (Å²) < 4.78 is 1.61. The maximum absolute atomic E-state index is 15.2. The average molecular weight is 1200 g/mol. The molecule has 3 aromatic heterocycles. The van der Waals surface area contributed by atoms with Crippen LogP contribution in [0.4, 0.5) is 0 Å². The minimum Gasteiger partial charge on any atom is -0.480 e. The number of nitrogens with two attached hydrogens (primary N) is 3. The van der Waals surface area contributed by atoms with Gasteiger partial charge in [-0.05, 0) is 80.9 Å². The van der Waals surface area contributed by atoms with Crippen molar-refractivity contribution in [2.45, 2.75) is 172 Å². The number of H-pyrrole nitrogens is 2. The third kappa shape index (κ3) is 16.7. The Morgan fingerprint density at radius 3 is 2.20 bits per heavy atom. The zero-order chi connectivity index (χ0) is 62.5. The molecule has 10 atom stereocenters. The van der Waals surface area contributed by atoms with Crippen LogP contribution in [-0.4, -0.2) is 162 Å². The number of aliphatic imine (C=N–C) groups is 1. The summed E-state index contributed by atoms with van der Waals surface area (Å²) in [6.45, 7) is 11.2. The summed E-state index contributed by atoms with van der Waals surface area (Å²) in [7, 11) is 0. The first-order valence-corrected chi connectivity index (χ1v) is 29.3. The molecule has 1 aromatic carbocycles. The molecule has 18 N–H and O–H groups in total. The smallest absolute Gasteiger partial charge is 0.326 e. The van der Waals surface area contributed by atoms with Crippen molar-refractivity contribution in [2.75, 3.05) is 13.1 Å². The molecule has 9 amide bonds. The molecule has 466 valence electrons. The fourth-order valence-electron chi connectivity index (χ4n) is 11.1. The van der Waals surface area contributed by atoms with Gasteiger partial charge >= 0.3 is 5.97 Å². The number of hydrogen-bond acceptors (Lipinski definition) is 14.